The van der Waals surface area contributed by atoms with Crippen molar-refractivity contribution in [2.75, 3.05) is 20.6 Å². The number of thiazole rings is 1. The zero-order chi connectivity index (χ0) is 19.3. The van der Waals surface area contributed by atoms with Gasteiger partial charge in [0.2, 0.25) is 15.9 Å². The monoisotopic (exact) mass is 396 g/mol. The molecule has 2 rings (SSSR count). The third-order valence-corrected chi connectivity index (χ3v) is 6.17. The van der Waals surface area contributed by atoms with Gasteiger partial charge in [-0.2, -0.15) is 0 Å². The van der Waals surface area contributed by atoms with Crippen LogP contribution in [-0.4, -0.2) is 50.2 Å². The summed E-state index contributed by atoms with van der Waals surface area (Å²) < 4.78 is 25.3. The molecule has 1 heterocycles. The lowest BCUT2D eigenvalue weighted by Crippen LogP contribution is -2.36. The van der Waals surface area contributed by atoms with Crippen molar-refractivity contribution in [3.05, 3.63) is 45.9 Å². The van der Waals surface area contributed by atoms with Crippen molar-refractivity contribution >= 4 is 33.2 Å². The lowest BCUT2D eigenvalue weighted by molar-refractivity contribution is -0.120. The van der Waals surface area contributed by atoms with E-state index in [1.165, 1.54) is 49.7 Å². The summed E-state index contributed by atoms with van der Waals surface area (Å²) in [6.07, 6.45) is 0. The number of carbonyl (C=O) groups excluding carboxylic acids is 2. The van der Waals surface area contributed by atoms with E-state index < -0.39 is 15.9 Å². The first kappa shape index (κ1) is 20.0. The van der Waals surface area contributed by atoms with E-state index in [1.807, 2.05) is 12.3 Å². The van der Waals surface area contributed by atoms with Crippen LogP contribution in [0.1, 0.15) is 21.1 Å². The Balaban J connectivity index is 1.92. The standard InChI is InChI=1S/C16H20N4O4S2/c1-11-10-25-15(19-11)9-17-14(21)8-18-16(22)12-5-4-6-13(7-12)26(23,24)20(2)3/h4-7,10H,8-9H2,1-3H3,(H,17,21)(H,18,22). The fraction of sp³-hybridized carbons (Fsp3) is 0.312. The van der Waals surface area contributed by atoms with E-state index in [1.54, 1.807) is 0 Å². The fourth-order valence-electron chi connectivity index (χ4n) is 1.99. The molecule has 0 spiro atoms. The molecule has 0 aliphatic carbocycles. The molecule has 0 radical (unpaired) electrons. The second-order valence-corrected chi connectivity index (χ2v) is 8.75. The maximum atomic E-state index is 12.2. The topological polar surface area (TPSA) is 108 Å². The molecule has 0 saturated carbocycles. The van der Waals surface area contributed by atoms with Gasteiger partial charge in [-0.15, -0.1) is 11.3 Å². The number of hydrogen-bond donors (Lipinski definition) is 2. The Labute approximate surface area is 156 Å². The molecule has 2 aromatic rings. The molecule has 0 saturated heterocycles. The molecular weight excluding hydrogens is 376 g/mol. The number of rotatable bonds is 7. The van der Waals surface area contributed by atoms with Gasteiger partial charge in [0, 0.05) is 30.7 Å². The molecule has 8 nitrogen and oxygen atoms in total. The number of carbonyl (C=O) groups is 2. The number of benzene rings is 1. The fourth-order valence-corrected chi connectivity index (χ4v) is 3.65. The highest BCUT2D eigenvalue weighted by Gasteiger charge is 2.18. The van der Waals surface area contributed by atoms with Gasteiger partial charge >= 0.3 is 0 Å². The Morgan fingerprint density at radius 1 is 1.23 bits per heavy atom. The number of nitrogens with zero attached hydrogens (tertiary/aromatic N) is 2. The predicted molar refractivity (Wildman–Crippen MR) is 98.3 cm³/mol. The summed E-state index contributed by atoms with van der Waals surface area (Å²) in [6, 6.07) is 5.66. The first-order valence-electron chi connectivity index (χ1n) is 7.68. The van der Waals surface area contributed by atoms with Crippen LogP contribution < -0.4 is 10.6 Å². The molecule has 2 N–H and O–H groups in total. The van der Waals surface area contributed by atoms with E-state index in [4.69, 9.17) is 0 Å². The third-order valence-electron chi connectivity index (χ3n) is 3.39. The van der Waals surface area contributed by atoms with Crippen LogP contribution in [0.2, 0.25) is 0 Å². The summed E-state index contributed by atoms with van der Waals surface area (Å²) in [7, 11) is -0.807. The van der Waals surface area contributed by atoms with E-state index in [9.17, 15) is 18.0 Å². The summed E-state index contributed by atoms with van der Waals surface area (Å²) in [4.78, 5) is 28.2. The number of nitrogens with one attached hydrogen (secondary N) is 2. The van der Waals surface area contributed by atoms with Crippen molar-refractivity contribution in [3.8, 4) is 0 Å². The highest BCUT2D eigenvalue weighted by Crippen LogP contribution is 2.14. The quantitative estimate of drug-likeness (QED) is 0.718. The second-order valence-electron chi connectivity index (χ2n) is 5.66. The molecule has 1 aromatic heterocycles. The third kappa shape index (κ3) is 5.10. The first-order chi connectivity index (χ1) is 12.2. The van der Waals surface area contributed by atoms with Crippen LogP contribution in [-0.2, 0) is 21.4 Å². The molecule has 26 heavy (non-hydrogen) atoms. The van der Waals surface area contributed by atoms with Crippen molar-refractivity contribution in [1.82, 2.24) is 19.9 Å². The number of amides is 2. The maximum Gasteiger partial charge on any atom is 0.251 e. The van der Waals surface area contributed by atoms with Crippen molar-refractivity contribution < 1.29 is 18.0 Å². The molecule has 0 fully saturated rings. The highest BCUT2D eigenvalue weighted by atomic mass is 32.2. The van der Waals surface area contributed by atoms with Gasteiger partial charge in [0.15, 0.2) is 0 Å². The molecule has 0 bridgehead atoms. The minimum atomic E-state index is -3.63. The highest BCUT2D eigenvalue weighted by molar-refractivity contribution is 7.89. The van der Waals surface area contributed by atoms with Gasteiger partial charge < -0.3 is 10.6 Å². The second kappa shape index (κ2) is 8.39. The van der Waals surface area contributed by atoms with E-state index in [0.29, 0.717) is 6.54 Å². The SMILES string of the molecule is Cc1csc(CNC(=O)CNC(=O)c2cccc(S(=O)(=O)N(C)C)c2)n1. The van der Waals surface area contributed by atoms with E-state index in [-0.39, 0.29) is 22.9 Å². The van der Waals surface area contributed by atoms with Crippen LogP contribution in [0.3, 0.4) is 0 Å². The van der Waals surface area contributed by atoms with Gasteiger partial charge in [0.25, 0.3) is 5.91 Å². The molecular formula is C16H20N4O4S2. The Bertz CT molecular complexity index is 906. The average molecular weight is 396 g/mol. The molecule has 0 aliphatic rings. The largest absolute Gasteiger partial charge is 0.348 e. The van der Waals surface area contributed by atoms with Gasteiger partial charge in [-0.3, -0.25) is 9.59 Å². The maximum absolute atomic E-state index is 12.2. The minimum absolute atomic E-state index is 0.0127. The lowest BCUT2D eigenvalue weighted by Gasteiger charge is -2.12. The van der Waals surface area contributed by atoms with E-state index in [0.717, 1.165) is 15.0 Å². The number of aryl methyl sites for hydroxylation is 1. The average Bonchev–Trinajstić information content (AvgIpc) is 3.03. The van der Waals surface area contributed by atoms with Crippen LogP contribution in [0, 0.1) is 6.92 Å². The summed E-state index contributed by atoms with van der Waals surface area (Å²) >= 11 is 1.44. The zero-order valence-corrected chi connectivity index (χ0v) is 16.3. The van der Waals surface area contributed by atoms with Gasteiger partial charge in [-0.25, -0.2) is 17.7 Å². The minimum Gasteiger partial charge on any atom is -0.348 e. The van der Waals surface area contributed by atoms with Crippen LogP contribution in [0.4, 0.5) is 0 Å². The van der Waals surface area contributed by atoms with Crippen molar-refractivity contribution in [3.63, 3.8) is 0 Å². The van der Waals surface area contributed by atoms with Crippen LogP contribution >= 0.6 is 11.3 Å². The lowest BCUT2D eigenvalue weighted by atomic mass is 10.2. The van der Waals surface area contributed by atoms with E-state index >= 15 is 0 Å². The summed E-state index contributed by atoms with van der Waals surface area (Å²) in [5, 5.41) is 7.80. The van der Waals surface area contributed by atoms with Gasteiger partial charge in [-0.1, -0.05) is 6.07 Å². The summed E-state index contributed by atoms with van der Waals surface area (Å²) in [5.41, 5.74) is 1.05. The normalized spacial score (nSPS) is 11.4. The van der Waals surface area contributed by atoms with Gasteiger partial charge in [-0.05, 0) is 25.1 Å². The zero-order valence-electron chi connectivity index (χ0n) is 14.6. The molecule has 1 aromatic carbocycles. The van der Waals surface area contributed by atoms with Crippen molar-refractivity contribution in [2.45, 2.75) is 18.4 Å². The molecule has 10 heteroatoms. The van der Waals surface area contributed by atoms with Gasteiger partial charge in [0.05, 0.1) is 18.0 Å². The van der Waals surface area contributed by atoms with E-state index in [2.05, 4.69) is 15.6 Å². The molecule has 2 amide bonds. The molecule has 0 atom stereocenters. The van der Waals surface area contributed by atoms with Crippen LogP contribution in [0.15, 0.2) is 34.5 Å². The van der Waals surface area contributed by atoms with Crippen molar-refractivity contribution in [2.24, 2.45) is 0 Å². The Kier molecular flexibility index (Phi) is 6.46. The van der Waals surface area contributed by atoms with Crippen LogP contribution in [0.25, 0.3) is 0 Å². The smallest absolute Gasteiger partial charge is 0.251 e. The van der Waals surface area contributed by atoms with Crippen LogP contribution in [0.5, 0.6) is 0 Å². The van der Waals surface area contributed by atoms with Crippen molar-refractivity contribution in [1.29, 1.82) is 0 Å². The Hall–Kier alpha value is -2.30. The predicted octanol–water partition coefficient (Wildman–Crippen LogP) is 0.748. The molecule has 0 unspecified atom stereocenters. The Morgan fingerprint density at radius 2 is 1.96 bits per heavy atom. The summed E-state index contributed by atoms with van der Waals surface area (Å²) in [5.74, 6) is -0.885. The number of sulfonamides is 1. The number of aromatic nitrogens is 1. The van der Waals surface area contributed by atoms with Gasteiger partial charge in [0.1, 0.15) is 5.01 Å². The molecule has 140 valence electrons. The first-order valence-corrected chi connectivity index (χ1v) is 10.0. The Morgan fingerprint density at radius 3 is 2.58 bits per heavy atom. The summed E-state index contributed by atoms with van der Waals surface area (Å²) in [6.45, 7) is 1.95. The molecule has 0 aliphatic heterocycles. The number of hydrogen-bond acceptors (Lipinski definition) is 6.